The first kappa shape index (κ1) is 17.2. The molecule has 0 bridgehead atoms. The van der Waals surface area contributed by atoms with E-state index in [1.807, 2.05) is 18.4 Å². The summed E-state index contributed by atoms with van der Waals surface area (Å²) in [5, 5.41) is 4.95. The fraction of sp³-hybridized carbons (Fsp3) is 0.188. The van der Waals surface area contributed by atoms with E-state index in [1.54, 1.807) is 30.3 Å². The number of benzene rings is 2. The van der Waals surface area contributed by atoms with Gasteiger partial charge in [-0.3, -0.25) is 4.79 Å². The first-order chi connectivity index (χ1) is 10.9. The Kier molecular flexibility index (Phi) is 5.54. The topological polar surface area (TPSA) is 41.1 Å². The first-order valence-electron chi connectivity index (χ1n) is 6.75. The van der Waals surface area contributed by atoms with Crippen molar-refractivity contribution in [2.75, 3.05) is 23.4 Å². The summed E-state index contributed by atoms with van der Waals surface area (Å²) in [6, 6.07) is 13.3. The van der Waals surface area contributed by atoms with Crippen LogP contribution in [0.3, 0.4) is 0 Å². The molecule has 23 heavy (non-hydrogen) atoms. The predicted molar refractivity (Wildman–Crippen MR) is 87.2 cm³/mol. The fourth-order valence-electron chi connectivity index (χ4n) is 1.96. The van der Waals surface area contributed by atoms with Crippen molar-refractivity contribution in [1.29, 1.82) is 0 Å². The van der Waals surface area contributed by atoms with E-state index in [2.05, 4.69) is 10.6 Å². The number of carbonyl (C=O) groups excluding carboxylic acids is 1. The lowest BCUT2D eigenvalue weighted by molar-refractivity contribution is -0.115. The molecule has 0 unspecified atom stereocenters. The van der Waals surface area contributed by atoms with Gasteiger partial charge in [-0.2, -0.15) is 13.2 Å². The van der Waals surface area contributed by atoms with Crippen molar-refractivity contribution >= 4 is 29.0 Å². The minimum atomic E-state index is -4.33. The molecule has 0 aromatic heterocycles. The van der Waals surface area contributed by atoms with Crippen LogP contribution in [0.5, 0.6) is 0 Å². The van der Waals surface area contributed by atoms with Gasteiger partial charge >= 0.3 is 6.18 Å². The van der Waals surface area contributed by atoms with Gasteiger partial charge in [0.05, 0.1) is 16.9 Å². The minimum absolute atomic E-state index is 0.222. The molecule has 0 atom stereocenters. The molecule has 0 saturated heterocycles. The van der Waals surface area contributed by atoms with Gasteiger partial charge in [-0.15, -0.1) is 11.8 Å². The highest BCUT2D eigenvalue weighted by Crippen LogP contribution is 2.26. The number of carbonyl (C=O) groups is 1. The highest BCUT2D eigenvalue weighted by molar-refractivity contribution is 7.98. The molecule has 0 fully saturated rings. The summed E-state index contributed by atoms with van der Waals surface area (Å²) in [5.74, 6) is -0.365. The zero-order valence-corrected chi connectivity index (χ0v) is 13.1. The molecule has 7 heteroatoms. The summed E-state index contributed by atoms with van der Waals surface area (Å²) < 4.78 is 37.0. The molecule has 3 nitrogen and oxygen atoms in total. The zero-order chi connectivity index (χ0) is 16.9. The molecule has 0 aliphatic heterocycles. The smallest absolute Gasteiger partial charge is 0.375 e. The van der Waals surface area contributed by atoms with Gasteiger partial charge in [-0.1, -0.05) is 24.3 Å². The quantitative estimate of drug-likeness (QED) is 0.780. The van der Waals surface area contributed by atoms with Crippen molar-refractivity contribution in [3.05, 3.63) is 54.1 Å². The van der Waals surface area contributed by atoms with Crippen LogP contribution in [0.4, 0.5) is 24.5 Å². The molecule has 0 heterocycles. The third-order valence-electron chi connectivity index (χ3n) is 3.01. The maximum absolute atomic E-state index is 12.4. The number of alkyl halides is 3. The van der Waals surface area contributed by atoms with Crippen molar-refractivity contribution in [2.24, 2.45) is 0 Å². The van der Waals surface area contributed by atoms with E-state index < -0.39 is 12.7 Å². The van der Waals surface area contributed by atoms with Crippen molar-refractivity contribution in [2.45, 2.75) is 11.1 Å². The predicted octanol–water partition coefficient (Wildman–Crippen LogP) is 4.64. The van der Waals surface area contributed by atoms with Crippen molar-refractivity contribution in [1.82, 2.24) is 0 Å². The summed E-state index contributed by atoms with van der Waals surface area (Å²) in [6.07, 6.45) is -2.48. The van der Waals surface area contributed by atoms with Gasteiger partial charge in [0.25, 0.3) is 5.91 Å². The van der Waals surface area contributed by atoms with E-state index in [0.717, 1.165) is 4.90 Å². The molecule has 0 saturated carbocycles. The largest absolute Gasteiger partial charge is 0.405 e. The van der Waals surface area contributed by atoms with E-state index in [0.29, 0.717) is 11.3 Å². The van der Waals surface area contributed by atoms with Crippen LogP contribution in [-0.2, 0) is 0 Å². The second-order valence-electron chi connectivity index (χ2n) is 4.67. The molecule has 0 aliphatic carbocycles. The Labute approximate surface area is 136 Å². The lowest BCUT2D eigenvalue weighted by Crippen LogP contribution is -2.22. The molecule has 0 aliphatic rings. The molecular formula is C16H15F3N2OS. The number of hydrogen-bond donors (Lipinski definition) is 2. The highest BCUT2D eigenvalue weighted by atomic mass is 32.2. The normalized spacial score (nSPS) is 11.1. The Morgan fingerprint density at radius 1 is 1.04 bits per heavy atom. The SMILES string of the molecule is CSc1ccccc1C(=O)Nc1ccccc1NCC(F)(F)F. The monoisotopic (exact) mass is 340 g/mol. The average molecular weight is 340 g/mol. The molecule has 0 radical (unpaired) electrons. The van der Waals surface area contributed by atoms with Gasteiger partial charge in [-0.25, -0.2) is 0 Å². The third-order valence-corrected chi connectivity index (χ3v) is 3.80. The Hall–Kier alpha value is -2.15. The Balaban J connectivity index is 2.18. The Morgan fingerprint density at radius 3 is 2.30 bits per heavy atom. The molecule has 2 rings (SSSR count). The van der Waals surface area contributed by atoms with Crippen LogP contribution in [0.1, 0.15) is 10.4 Å². The number of anilines is 2. The highest BCUT2D eigenvalue weighted by Gasteiger charge is 2.27. The standard InChI is InChI=1S/C16H15F3N2OS/c1-23-14-9-5-2-6-11(14)15(22)21-13-8-4-3-7-12(13)20-10-16(17,18)19/h2-9,20H,10H2,1H3,(H,21,22). The minimum Gasteiger partial charge on any atom is -0.375 e. The van der Waals surface area contributed by atoms with Crippen LogP contribution in [0.15, 0.2) is 53.4 Å². The van der Waals surface area contributed by atoms with Crippen molar-refractivity contribution in [3.8, 4) is 0 Å². The number of nitrogens with one attached hydrogen (secondary N) is 2. The maximum atomic E-state index is 12.4. The zero-order valence-electron chi connectivity index (χ0n) is 12.3. The third kappa shape index (κ3) is 4.92. The number of hydrogen-bond acceptors (Lipinski definition) is 3. The number of para-hydroxylation sites is 2. The van der Waals surface area contributed by atoms with Gasteiger partial charge in [0.1, 0.15) is 6.54 Å². The second-order valence-corrected chi connectivity index (χ2v) is 5.52. The summed E-state index contributed by atoms with van der Waals surface area (Å²) in [7, 11) is 0. The van der Waals surface area contributed by atoms with Crippen molar-refractivity contribution < 1.29 is 18.0 Å². The van der Waals surface area contributed by atoms with E-state index in [9.17, 15) is 18.0 Å². The van der Waals surface area contributed by atoms with Gasteiger partial charge in [-0.05, 0) is 30.5 Å². The Bertz CT molecular complexity index is 689. The van der Waals surface area contributed by atoms with E-state index in [-0.39, 0.29) is 11.6 Å². The molecule has 122 valence electrons. The molecular weight excluding hydrogens is 325 g/mol. The number of amides is 1. The van der Waals surface area contributed by atoms with Gasteiger partial charge in [0.2, 0.25) is 0 Å². The lowest BCUT2D eigenvalue weighted by Gasteiger charge is -2.15. The Morgan fingerprint density at radius 2 is 1.65 bits per heavy atom. The summed E-state index contributed by atoms with van der Waals surface area (Å²) in [4.78, 5) is 13.2. The summed E-state index contributed by atoms with van der Waals surface area (Å²) in [5.41, 5.74) is 1.00. The van der Waals surface area contributed by atoms with Crippen LogP contribution in [-0.4, -0.2) is 24.9 Å². The summed E-state index contributed by atoms with van der Waals surface area (Å²) >= 11 is 1.43. The van der Waals surface area contributed by atoms with Crippen LogP contribution in [0.25, 0.3) is 0 Å². The average Bonchev–Trinajstić information content (AvgIpc) is 2.53. The van der Waals surface area contributed by atoms with Gasteiger partial charge in [0, 0.05) is 4.90 Å². The molecule has 2 aromatic rings. The van der Waals surface area contributed by atoms with Crippen LogP contribution in [0, 0.1) is 0 Å². The van der Waals surface area contributed by atoms with Crippen LogP contribution in [0.2, 0.25) is 0 Å². The molecule has 2 N–H and O–H groups in total. The summed E-state index contributed by atoms with van der Waals surface area (Å²) in [6.45, 7) is -1.17. The van der Waals surface area contributed by atoms with E-state index in [1.165, 1.54) is 17.8 Å². The maximum Gasteiger partial charge on any atom is 0.405 e. The van der Waals surface area contributed by atoms with E-state index in [4.69, 9.17) is 0 Å². The number of thioether (sulfide) groups is 1. The molecule has 1 amide bonds. The van der Waals surface area contributed by atoms with E-state index >= 15 is 0 Å². The number of halogens is 3. The molecule has 0 spiro atoms. The molecule has 2 aromatic carbocycles. The number of rotatable bonds is 5. The first-order valence-corrected chi connectivity index (χ1v) is 7.97. The van der Waals surface area contributed by atoms with Crippen LogP contribution < -0.4 is 10.6 Å². The van der Waals surface area contributed by atoms with Crippen LogP contribution >= 0.6 is 11.8 Å². The lowest BCUT2D eigenvalue weighted by atomic mass is 10.2. The second kappa shape index (κ2) is 7.41. The van der Waals surface area contributed by atoms with Gasteiger partial charge < -0.3 is 10.6 Å². The van der Waals surface area contributed by atoms with Crippen molar-refractivity contribution in [3.63, 3.8) is 0 Å². The van der Waals surface area contributed by atoms with Gasteiger partial charge in [0.15, 0.2) is 0 Å². The fourth-order valence-corrected chi connectivity index (χ4v) is 2.56.